The van der Waals surface area contributed by atoms with E-state index in [1.807, 2.05) is 31.2 Å². The molecule has 2 atom stereocenters. The van der Waals surface area contributed by atoms with Gasteiger partial charge in [-0.15, -0.1) is 11.6 Å². The van der Waals surface area contributed by atoms with Crippen LogP contribution in [0.25, 0.3) is 0 Å². The average molecular weight is 498 g/mol. The lowest BCUT2D eigenvalue weighted by molar-refractivity contribution is 0.125. The predicted molar refractivity (Wildman–Crippen MR) is 123 cm³/mol. The molecule has 2 unspecified atom stereocenters. The first-order valence-corrected chi connectivity index (χ1v) is 12.6. The van der Waals surface area contributed by atoms with E-state index in [2.05, 4.69) is 0 Å². The first-order chi connectivity index (χ1) is 13.9. The summed E-state index contributed by atoms with van der Waals surface area (Å²) in [6.07, 6.45) is -0.00974. The number of aliphatic hydroxyl groups is 1. The van der Waals surface area contributed by atoms with Gasteiger partial charge in [0.15, 0.2) is 5.75 Å². The Kier molecular flexibility index (Phi) is 11.0. The molecule has 0 aliphatic heterocycles. The molecule has 0 fully saturated rings. The van der Waals surface area contributed by atoms with E-state index in [1.54, 1.807) is 12.1 Å². The lowest BCUT2D eigenvalue weighted by atomic mass is 10.3. The van der Waals surface area contributed by atoms with Crippen LogP contribution in [0, 0.1) is 0 Å². The van der Waals surface area contributed by atoms with Crippen LogP contribution >= 0.6 is 46.6 Å². The molecule has 0 aromatic heterocycles. The third-order valence-corrected chi connectivity index (χ3v) is 7.02. The largest absolute Gasteiger partial charge is 0.491 e. The molecule has 0 aliphatic rings. The van der Waals surface area contributed by atoms with Crippen molar-refractivity contribution in [1.29, 1.82) is 0 Å². The van der Waals surface area contributed by atoms with E-state index >= 15 is 0 Å². The van der Waals surface area contributed by atoms with Crippen LogP contribution in [0.1, 0.15) is 13.3 Å². The molecule has 0 saturated heterocycles. The average Bonchev–Trinajstić information content (AvgIpc) is 2.71. The van der Waals surface area contributed by atoms with Crippen molar-refractivity contribution in [3.05, 3.63) is 46.4 Å². The van der Waals surface area contributed by atoms with E-state index in [0.29, 0.717) is 46.1 Å². The highest BCUT2D eigenvalue weighted by molar-refractivity contribution is 7.99. The Balaban J connectivity index is 1.93. The molecule has 4 nitrogen and oxygen atoms in total. The Morgan fingerprint density at radius 1 is 1.10 bits per heavy atom. The van der Waals surface area contributed by atoms with E-state index in [-0.39, 0.29) is 12.5 Å². The van der Waals surface area contributed by atoms with Crippen molar-refractivity contribution in [3.8, 4) is 11.5 Å². The monoisotopic (exact) mass is 496 g/mol. The van der Waals surface area contributed by atoms with E-state index < -0.39 is 16.9 Å². The molecule has 29 heavy (non-hydrogen) atoms. The zero-order valence-corrected chi connectivity index (χ0v) is 19.8. The summed E-state index contributed by atoms with van der Waals surface area (Å²) in [5, 5.41) is 10.3. The molecule has 0 aliphatic carbocycles. The molecule has 0 radical (unpaired) electrons. The van der Waals surface area contributed by atoms with Crippen molar-refractivity contribution in [3.63, 3.8) is 0 Å². The minimum Gasteiger partial charge on any atom is -0.491 e. The Morgan fingerprint density at radius 3 is 2.34 bits per heavy atom. The summed E-state index contributed by atoms with van der Waals surface area (Å²) in [7, 11) is -0.805. The van der Waals surface area contributed by atoms with Crippen LogP contribution in [0.3, 0.4) is 0 Å². The van der Waals surface area contributed by atoms with Crippen molar-refractivity contribution >= 4 is 57.4 Å². The van der Waals surface area contributed by atoms with Gasteiger partial charge in [-0.3, -0.25) is 4.21 Å². The Hall–Kier alpha value is -0.630. The molecule has 0 heterocycles. The first-order valence-electron chi connectivity index (χ1n) is 9.04. The third kappa shape index (κ3) is 8.56. The topological polar surface area (TPSA) is 55.8 Å². The molecule has 2 aromatic rings. The van der Waals surface area contributed by atoms with Crippen LogP contribution in [-0.2, 0) is 10.8 Å². The first kappa shape index (κ1) is 24.6. The number of aliphatic hydroxyl groups excluding tert-OH is 1. The van der Waals surface area contributed by atoms with Gasteiger partial charge < -0.3 is 14.6 Å². The molecule has 2 rings (SSSR count). The van der Waals surface area contributed by atoms with Crippen LogP contribution in [0.15, 0.2) is 46.2 Å². The number of alkyl halides is 1. The third-order valence-electron chi connectivity index (χ3n) is 3.74. The molecule has 2 aromatic carbocycles. The number of ether oxygens (including phenoxy) is 2. The van der Waals surface area contributed by atoms with Crippen molar-refractivity contribution in [2.24, 2.45) is 0 Å². The smallest absolute Gasteiger partial charge is 0.156 e. The Bertz CT molecular complexity index is 780. The molecule has 160 valence electrons. The van der Waals surface area contributed by atoms with Crippen LogP contribution in [-0.4, -0.2) is 46.0 Å². The van der Waals surface area contributed by atoms with Gasteiger partial charge in [-0.2, -0.15) is 0 Å². The van der Waals surface area contributed by atoms with Crippen molar-refractivity contribution in [2.75, 3.05) is 30.6 Å². The molecular formula is C20H23Cl3O4S2. The molecule has 0 bridgehead atoms. The van der Waals surface area contributed by atoms with Gasteiger partial charge in [0.25, 0.3) is 0 Å². The van der Waals surface area contributed by atoms with Crippen molar-refractivity contribution < 1.29 is 18.8 Å². The van der Waals surface area contributed by atoms with E-state index in [9.17, 15) is 9.32 Å². The van der Waals surface area contributed by atoms with Crippen LogP contribution in [0.5, 0.6) is 11.5 Å². The maximum absolute atomic E-state index is 11.5. The van der Waals surface area contributed by atoms with Crippen LogP contribution in [0.2, 0.25) is 10.0 Å². The number of hydrogen-bond donors (Lipinski definition) is 1. The lowest BCUT2D eigenvalue weighted by Crippen LogP contribution is -2.18. The summed E-state index contributed by atoms with van der Waals surface area (Å²) in [6.45, 7) is 2.46. The van der Waals surface area contributed by atoms with Gasteiger partial charge in [-0.1, -0.05) is 41.9 Å². The highest BCUT2D eigenvalue weighted by atomic mass is 35.5. The quantitative estimate of drug-likeness (QED) is 0.303. The highest BCUT2D eigenvalue weighted by Gasteiger charge is 2.11. The van der Waals surface area contributed by atoms with E-state index in [0.717, 1.165) is 9.79 Å². The van der Waals surface area contributed by atoms with Crippen molar-refractivity contribution in [1.82, 2.24) is 0 Å². The fourth-order valence-corrected chi connectivity index (χ4v) is 4.69. The second kappa shape index (κ2) is 12.9. The molecule has 0 saturated carbocycles. The molecular weight excluding hydrogens is 475 g/mol. The number of benzene rings is 2. The number of rotatable bonds is 12. The Morgan fingerprint density at radius 2 is 1.76 bits per heavy atom. The molecule has 9 heteroatoms. The number of halogens is 3. The molecule has 0 spiro atoms. The highest BCUT2D eigenvalue weighted by Crippen LogP contribution is 2.39. The Labute approximate surface area is 193 Å². The zero-order chi connectivity index (χ0) is 21.2. The second-order valence-electron chi connectivity index (χ2n) is 6.04. The molecule has 1 N–H and O–H groups in total. The van der Waals surface area contributed by atoms with Crippen molar-refractivity contribution in [2.45, 2.75) is 29.2 Å². The predicted octanol–water partition coefficient (Wildman–Crippen LogP) is 5.66. The van der Waals surface area contributed by atoms with Gasteiger partial charge in [0.1, 0.15) is 18.5 Å². The SMILES string of the molecule is CCS(=O)CCCOc1c(Cl)cc(Sc2ccc(OCC(O)CCl)cc2)cc1Cl. The fourth-order valence-electron chi connectivity index (χ4n) is 2.25. The van der Waals surface area contributed by atoms with E-state index in [1.165, 1.54) is 11.8 Å². The summed E-state index contributed by atoms with van der Waals surface area (Å²) < 4.78 is 22.6. The van der Waals surface area contributed by atoms with E-state index in [4.69, 9.17) is 44.3 Å². The minimum atomic E-state index is -0.805. The second-order valence-corrected chi connectivity index (χ2v) is 10.2. The normalized spacial score (nSPS) is 13.1. The summed E-state index contributed by atoms with van der Waals surface area (Å²) in [6, 6.07) is 11.1. The van der Waals surface area contributed by atoms with Crippen LogP contribution in [0.4, 0.5) is 0 Å². The molecule has 0 amide bonds. The lowest BCUT2D eigenvalue weighted by Gasteiger charge is -2.12. The summed E-state index contributed by atoms with van der Waals surface area (Å²) >= 11 is 19.7. The maximum Gasteiger partial charge on any atom is 0.156 e. The maximum atomic E-state index is 11.5. The zero-order valence-electron chi connectivity index (χ0n) is 15.9. The summed E-state index contributed by atoms with van der Waals surface area (Å²) in [4.78, 5) is 1.86. The fraction of sp³-hybridized carbons (Fsp3) is 0.400. The van der Waals surface area contributed by atoms with Gasteiger partial charge in [0.05, 0.1) is 22.5 Å². The summed E-state index contributed by atoms with van der Waals surface area (Å²) in [5.41, 5.74) is 0. The van der Waals surface area contributed by atoms with Gasteiger partial charge in [0, 0.05) is 32.1 Å². The number of hydrogen-bond acceptors (Lipinski definition) is 5. The van der Waals surface area contributed by atoms with Gasteiger partial charge >= 0.3 is 0 Å². The standard InChI is InChI=1S/C20H23Cl3O4S2/c1-2-29(25)9-3-8-26-20-18(22)10-17(11-19(20)23)28-16-6-4-15(5-7-16)27-13-14(24)12-21/h4-7,10-11,14,24H,2-3,8-9,12-13H2,1H3. The van der Waals surface area contributed by atoms with Gasteiger partial charge in [-0.25, -0.2) is 0 Å². The summed E-state index contributed by atoms with van der Waals surface area (Å²) in [5.74, 6) is 2.48. The van der Waals surface area contributed by atoms with Gasteiger partial charge in [0.2, 0.25) is 0 Å². The van der Waals surface area contributed by atoms with Crippen LogP contribution < -0.4 is 9.47 Å². The minimum absolute atomic E-state index is 0.132. The van der Waals surface area contributed by atoms with Gasteiger partial charge in [-0.05, 0) is 42.8 Å².